The number of carbonyl (C=O) groups is 1. The second kappa shape index (κ2) is 5.77. The van der Waals surface area contributed by atoms with E-state index in [-0.39, 0.29) is 11.7 Å². The molecule has 1 aliphatic rings. The van der Waals surface area contributed by atoms with Crippen molar-refractivity contribution in [2.75, 3.05) is 5.75 Å². The Balaban J connectivity index is 1.74. The Morgan fingerprint density at radius 1 is 1.22 bits per heavy atom. The van der Waals surface area contributed by atoms with Crippen LogP contribution >= 0.6 is 11.8 Å². The summed E-state index contributed by atoms with van der Waals surface area (Å²) in [6.07, 6.45) is 3.08. The first kappa shape index (κ1) is 14.4. The van der Waals surface area contributed by atoms with Crippen molar-refractivity contribution in [3.63, 3.8) is 0 Å². The minimum Gasteiger partial charge on any atom is -0.294 e. The van der Waals surface area contributed by atoms with E-state index in [9.17, 15) is 4.79 Å². The maximum Gasteiger partial charge on any atom is 0.253 e. The van der Waals surface area contributed by atoms with Crippen molar-refractivity contribution >= 4 is 23.3 Å². The molecule has 0 fully saturated rings. The van der Waals surface area contributed by atoms with Crippen molar-refractivity contribution in [1.82, 2.24) is 19.6 Å². The molecule has 0 aliphatic heterocycles. The van der Waals surface area contributed by atoms with Crippen LogP contribution in [0.15, 0.2) is 41.7 Å². The lowest BCUT2D eigenvalue weighted by atomic mass is 9.82. The molecular weight excluding hydrogens is 308 g/mol. The summed E-state index contributed by atoms with van der Waals surface area (Å²) in [7, 11) is 0. The molecule has 6 heteroatoms. The zero-order chi connectivity index (χ0) is 15.8. The molecule has 0 unspecified atom stereocenters. The van der Waals surface area contributed by atoms with Gasteiger partial charge in [0.25, 0.3) is 5.78 Å². The number of hydrogen-bond acceptors (Lipinski definition) is 5. The summed E-state index contributed by atoms with van der Waals surface area (Å²) in [5.74, 6) is 1.81. The van der Waals surface area contributed by atoms with Gasteiger partial charge in [0, 0.05) is 12.6 Å². The van der Waals surface area contributed by atoms with Crippen LogP contribution in [-0.4, -0.2) is 31.1 Å². The van der Waals surface area contributed by atoms with E-state index in [1.807, 2.05) is 18.2 Å². The SMILES string of the molecule is CCSc1nc2nc3c(cn2n1)C(=O)C[C@@H](c1ccccc1)C3. The van der Waals surface area contributed by atoms with Crippen LogP contribution in [0.2, 0.25) is 0 Å². The quantitative estimate of drug-likeness (QED) is 0.693. The molecule has 2 aromatic heterocycles. The Hall–Kier alpha value is -2.21. The summed E-state index contributed by atoms with van der Waals surface area (Å²) in [6.45, 7) is 2.06. The van der Waals surface area contributed by atoms with E-state index in [0.717, 1.165) is 17.9 Å². The van der Waals surface area contributed by atoms with Gasteiger partial charge in [-0.25, -0.2) is 9.50 Å². The topological polar surface area (TPSA) is 60.1 Å². The van der Waals surface area contributed by atoms with Gasteiger partial charge < -0.3 is 0 Å². The molecule has 0 amide bonds. The van der Waals surface area contributed by atoms with E-state index in [0.29, 0.717) is 22.9 Å². The van der Waals surface area contributed by atoms with Gasteiger partial charge in [0.15, 0.2) is 5.78 Å². The standard InChI is InChI=1S/C17H16N4OS/c1-2-23-17-19-16-18-14-8-12(11-6-4-3-5-7-11)9-15(22)13(14)10-21(16)20-17/h3-7,10,12H,2,8-9H2,1H3/t12-/m0/s1. The summed E-state index contributed by atoms with van der Waals surface area (Å²) < 4.78 is 1.62. The van der Waals surface area contributed by atoms with Gasteiger partial charge in [0.05, 0.1) is 11.3 Å². The summed E-state index contributed by atoms with van der Waals surface area (Å²) in [6, 6.07) is 10.2. The Morgan fingerprint density at radius 2 is 2.04 bits per heavy atom. The van der Waals surface area contributed by atoms with Gasteiger partial charge in [0.2, 0.25) is 5.16 Å². The Kier molecular flexibility index (Phi) is 3.61. The van der Waals surface area contributed by atoms with Gasteiger partial charge >= 0.3 is 0 Å². The van der Waals surface area contributed by atoms with Crippen molar-refractivity contribution < 1.29 is 4.79 Å². The van der Waals surface area contributed by atoms with Crippen LogP contribution in [0.3, 0.4) is 0 Å². The lowest BCUT2D eigenvalue weighted by Crippen LogP contribution is -2.21. The third kappa shape index (κ3) is 2.63. The number of carbonyl (C=O) groups excluding carboxylic acids is 1. The molecule has 0 N–H and O–H groups in total. The van der Waals surface area contributed by atoms with E-state index in [4.69, 9.17) is 0 Å². The number of fused-ring (bicyclic) bond motifs is 2. The highest BCUT2D eigenvalue weighted by Gasteiger charge is 2.28. The van der Waals surface area contributed by atoms with Crippen molar-refractivity contribution in [2.45, 2.75) is 30.8 Å². The molecule has 2 heterocycles. The predicted molar refractivity (Wildman–Crippen MR) is 89.0 cm³/mol. The number of hydrogen-bond donors (Lipinski definition) is 0. The van der Waals surface area contributed by atoms with Crippen LogP contribution in [0.4, 0.5) is 0 Å². The zero-order valence-corrected chi connectivity index (χ0v) is 13.6. The molecular formula is C17H16N4OS. The smallest absolute Gasteiger partial charge is 0.253 e. The predicted octanol–water partition coefficient (Wildman–Crippen LogP) is 3.15. The van der Waals surface area contributed by atoms with Crippen molar-refractivity contribution in [1.29, 1.82) is 0 Å². The summed E-state index contributed by atoms with van der Waals surface area (Å²) in [5, 5.41) is 5.08. The summed E-state index contributed by atoms with van der Waals surface area (Å²) >= 11 is 1.57. The Bertz CT molecular complexity index is 875. The summed E-state index contributed by atoms with van der Waals surface area (Å²) in [5.41, 5.74) is 2.71. The van der Waals surface area contributed by atoms with Gasteiger partial charge in [-0.1, -0.05) is 49.0 Å². The highest BCUT2D eigenvalue weighted by molar-refractivity contribution is 7.99. The normalized spacial score (nSPS) is 17.4. The zero-order valence-electron chi connectivity index (χ0n) is 12.8. The van der Waals surface area contributed by atoms with Crippen molar-refractivity contribution in [3.8, 4) is 0 Å². The summed E-state index contributed by atoms with van der Waals surface area (Å²) in [4.78, 5) is 21.6. The van der Waals surface area contributed by atoms with E-state index in [1.54, 1.807) is 22.5 Å². The molecule has 0 saturated heterocycles. The van der Waals surface area contributed by atoms with E-state index in [1.165, 1.54) is 5.56 Å². The number of nitrogens with zero attached hydrogens (tertiary/aromatic N) is 4. The monoisotopic (exact) mass is 324 g/mol. The fourth-order valence-corrected chi connectivity index (χ4v) is 3.57. The molecule has 1 atom stereocenters. The number of aromatic nitrogens is 4. The molecule has 0 spiro atoms. The highest BCUT2D eigenvalue weighted by atomic mass is 32.2. The third-order valence-corrected chi connectivity index (χ3v) is 4.83. The number of thioether (sulfide) groups is 1. The van der Waals surface area contributed by atoms with Crippen LogP contribution in [0.1, 0.15) is 40.9 Å². The minimum absolute atomic E-state index is 0.134. The Labute approximate surface area is 138 Å². The average molecular weight is 324 g/mol. The number of benzene rings is 1. The largest absolute Gasteiger partial charge is 0.294 e. The molecule has 0 radical (unpaired) electrons. The van der Waals surface area contributed by atoms with E-state index < -0.39 is 0 Å². The van der Waals surface area contributed by atoms with Gasteiger partial charge in [-0.05, 0) is 23.7 Å². The maximum absolute atomic E-state index is 12.5. The lowest BCUT2D eigenvalue weighted by molar-refractivity contribution is 0.0962. The second-order valence-corrected chi connectivity index (χ2v) is 6.84. The average Bonchev–Trinajstić information content (AvgIpc) is 2.95. The molecule has 0 bridgehead atoms. The second-order valence-electron chi connectivity index (χ2n) is 5.61. The van der Waals surface area contributed by atoms with Crippen molar-refractivity contribution in [2.24, 2.45) is 0 Å². The van der Waals surface area contributed by atoms with Crippen molar-refractivity contribution in [3.05, 3.63) is 53.3 Å². The fraction of sp³-hybridized carbons (Fsp3) is 0.294. The van der Waals surface area contributed by atoms with Gasteiger partial charge in [-0.15, -0.1) is 5.10 Å². The van der Waals surface area contributed by atoms with Crippen LogP contribution in [-0.2, 0) is 6.42 Å². The van der Waals surface area contributed by atoms with Crippen LogP contribution in [0, 0.1) is 0 Å². The molecule has 116 valence electrons. The van der Waals surface area contributed by atoms with E-state index >= 15 is 0 Å². The molecule has 1 aliphatic carbocycles. The number of ketones is 1. The number of rotatable bonds is 3. The molecule has 4 rings (SSSR count). The van der Waals surface area contributed by atoms with Gasteiger partial charge in [0.1, 0.15) is 0 Å². The van der Waals surface area contributed by atoms with Crippen LogP contribution in [0.5, 0.6) is 0 Å². The maximum atomic E-state index is 12.5. The molecule has 0 saturated carbocycles. The van der Waals surface area contributed by atoms with Crippen LogP contribution < -0.4 is 0 Å². The molecule has 5 nitrogen and oxygen atoms in total. The molecule has 1 aromatic carbocycles. The first-order valence-corrected chi connectivity index (χ1v) is 8.70. The molecule has 23 heavy (non-hydrogen) atoms. The highest BCUT2D eigenvalue weighted by Crippen LogP contribution is 2.31. The Morgan fingerprint density at radius 3 is 2.83 bits per heavy atom. The fourth-order valence-electron chi connectivity index (χ4n) is 3.02. The van der Waals surface area contributed by atoms with Gasteiger partial charge in [-0.3, -0.25) is 4.79 Å². The minimum atomic E-state index is 0.134. The third-order valence-electron chi connectivity index (χ3n) is 4.11. The van der Waals surface area contributed by atoms with Gasteiger partial charge in [-0.2, -0.15) is 4.98 Å². The molecule has 3 aromatic rings. The van der Waals surface area contributed by atoms with Crippen LogP contribution in [0.25, 0.3) is 5.78 Å². The number of Topliss-reactive ketones (excluding diaryl/α,β-unsaturated/α-hetero) is 1. The lowest BCUT2D eigenvalue weighted by Gasteiger charge is -2.22. The van der Waals surface area contributed by atoms with E-state index in [2.05, 4.69) is 34.1 Å². The first-order chi connectivity index (χ1) is 11.2. The first-order valence-electron chi connectivity index (χ1n) is 7.72.